The number of aliphatic hydroxyl groups is 1. The van der Waals surface area contributed by atoms with Gasteiger partial charge in [-0.15, -0.1) is 11.6 Å². The van der Waals surface area contributed by atoms with Gasteiger partial charge in [-0.2, -0.15) is 0 Å². The first-order chi connectivity index (χ1) is 6.06. The van der Waals surface area contributed by atoms with Gasteiger partial charge in [0.2, 0.25) is 0 Å². The molecule has 0 aromatic heterocycles. The van der Waals surface area contributed by atoms with Gasteiger partial charge >= 0.3 is 0 Å². The Morgan fingerprint density at radius 2 is 1.92 bits per heavy atom. The van der Waals surface area contributed by atoms with Gasteiger partial charge in [0, 0.05) is 10.6 Å². The van der Waals surface area contributed by atoms with Crippen molar-refractivity contribution in [1.82, 2.24) is 0 Å². The van der Waals surface area contributed by atoms with Crippen LogP contribution in [0.25, 0.3) is 0 Å². The van der Waals surface area contributed by atoms with Crippen LogP contribution in [0.15, 0.2) is 12.1 Å². The van der Waals surface area contributed by atoms with Gasteiger partial charge in [-0.25, -0.2) is 4.39 Å². The van der Waals surface area contributed by atoms with Crippen molar-refractivity contribution in [2.75, 3.05) is 5.88 Å². The van der Waals surface area contributed by atoms with E-state index in [2.05, 4.69) is 0 Å². The van der Waals surface area contributed by atoms with Crippen LogP contribution in [0.4, 0.5) is 4.39 Å². The van der Waals surface area contributed by atoms with Gasteiger partial charge in [0.15, 0.2) is 0 Å². The molecule has 0 amide bonds. The van der Waals surface area contributed by atoms with Gasteiger partial charge in [-0.3, -0.25) is 0 Å². The lowest BCUT2D eigenvalue weighted by Crippen LogP contribution is -2.00. The first kappa shape index (κ1) is 11.1. The number of hydrogen-bond acceptors (Lipinski definition) is 1. The summed E-state index contributed by atoms with van der Waals surface area (Å²) in [6.07, 6.45) is -0.971. The van der Waals surface area contributed by atoms with E-state index in [9.17, 15) is 9.50 Å². The van der Waals surface area contributed by atoms with Crippen LogP contribution in [0.3, 0.4) is 0 Å². The van der Waals surface area contributed by atoms with E-state index >= 15 is 0 Å². The van der Waals surface area contributed by atoms with Crippen molar-refractivity contribution < 1.29 is 9.50 Å². The van der Waals surface area contributed by atoms with Crippen molar-refractivity contribution in [2.45, 2.75) is 6.10 Å². The Hall–Kier alpha value is -0.0200. The summed E-state index contributed by atoms with van der Waals surface area (Å²) in [5.74, 6) is -0.661. The predicted molar refractivity (Wildman–Crippen MR) is 52.1 cm³/mol. The molecule has 0 aliphatic heterocycles. The smallest absolute Gasteiger partial charge is 0.142 e. The lowest BCUT2D eigenvalue weighted by atomic mass is 10.1. The largest absolute Gasteiger partial charge is 0.387 e. The van der Waals surface area contributed by atoms with Crippen molar-refractivity contribution in [3.8, 4) is 0 Å². The minimum atomic E-state index is -0.971. The summed E-state index contributed by atoms with van der Waals surface area (Å²) >= 11 is 16.6. The van der Waals surface area contributed by atoms with Crippen LogP contribution < -0.4 is 0 Å². The van der Waals surface area contributed by atoms with Crippen LogP contribution in [0, 0.1) is 5.82 Å². The van der Waals surface area contributed by atoms with Crippen LogP contribution in [-0.2, 0) is 0 Å². The summed E-state index contributed by atoms with van der Waals surface area (Å²) in [4.78, 5) is 0. The highest BCUT2D eigenvalue weighted by Gasteiger charge is 2.13. The highest BCUT2D eigenvalue weighted by atomic mass is 35.5. The summed E-state index contributed by atoms with van der Waals surface area (Å²) in [6, 6.07) is 2.32. The van der Waals surface area contributed by atoms with Crippen molar-refractivity contribution in [3.63, 3.8) is 0 Å². The van der Waals surface area contributed by atoms with E-state index in [1.54, 1.807) is 0 Å². The zero-order valence-electron chi connectivity index (χ0n) is 6.40. The minimum Gasteiger partial charge on any atom is -0.387 e. The monoisotopic (exact) mass is 242 g/mol. The number of aliphatic hydroxyl groups excluding tert-OH is 1. The second-order valence-electron chi connectivity index (χ2n) is 2.46. The van der Waals surface area contributed by atoms with Gasteiger partial charge in [0.1, 0.15) is 5.82 Å². The number of halogens is 4. The summed E-state index contributed by atoms with van der Waals surface area (Å²) in [5, 5.41) is 9.43. The van der Waals surface area contributed by atoms with E-state index in [1.165, 1.54) is 6.07 Å². The maximum absolute atomic E-state index is 12.9. The third-order valence-electron chi connectivity index (χ3n) is 1.54. The van der Waals surface area contributed by atoms with E-state index in [0.717, 1.165) is 6.07 Å². The summed E-state index contributed by atoms with van der Waals surface area (Å²) < 4.78 is 12.9. The SMILES string of the molecule is O[C@H](CCl)c1cc(F)c(Cl)cc1Cl. The molecule has 1 rings (SSSR count). The van der Waals surface area contributed by atoms with Gasteiger partial charge in [0.05, 0.1) is 17.0 Å². The lowest BCUT2D eigenvalue weighted by molar-refractivity contribution is 0.202. The number of alkyl halides is 1. The third-order valence-corrected chi connectivity index (χ3v) is 2.45. The fourth-order valence-electron chi connectivity index (χ4n) is 0.876. The van der Waals surface area contributed by atoms with Crippen LogP contribution in [0.2, 0.25) is 10.0 Å². The van der Waals surface area contributed by atoms with Crippen molar-refractivity contribution in [3.05, 3.63) is 33.6 Å². The Bertz CT molecular complexity index is 317. The van der Waals surface area contributed by atoms with Crippen LogP contribution in [-0.4, -0.2) is 11.0 Å². The molecule has 72 valence electrons. The van der Waals surface area contributed by atoms with Crippen LogP contribution >= 0.6 is 34.8 Å². The maximum Gasteiger partial charge on any atom is 0.142 e. The highest BCUT2D eigenvalue weighted by Crippen LogP contribution is 2.29. The van der Waals surface area contributed by atoms with Crippen molar-refractivity contribution in [1.29, 1.82) is 0 Å². The van der Waals surface area contributed by atoms with Crippen molar-refractivity contribution in [2.24, 2.45) is 0 Å². The maximum atomic E-state index is 12.9. The van der Waals surface area contributed by atoms with Gasteiger partial charge in [-0.05, 0) is 12.1 Å². The normalized spacial score (nSPS) is 13.0. The molecule has 0 spiro atoms. The molecule has 5 heteroatoms. The van der Waals surface area contributed by atoms with Crippen molar-refractivity contribution >= 4 is 34.8 Å². The topological polar surface area (TPSA) is 20.2 Å². The third kappa shape index (κ3) is 2.47. The highest BCUT2D eigenvalue weighted by molar-refractivity contribution is 6.35. The molecule has 0 unspecified atom stereocenters. The zero-order valence-corrected chi connectivity index (χ0v) is 8.67. The average Bonchev–Trinajstić information content (AvgIpc) is 2.10. The molecular weight excluding hydrogens is 237 g/mol. The van der Waals surface area contributed by atoms with Crippen LogP contribution in [0.5, 0.6) is 0 Å². The molecule has 0 fully saturated rings. The molecule has 1 aromatic carbocycles. The predicted octanol–water partition coefficient (Wildman–Crippen LogP) is 3.40. The van der Waals surface area contributed by atoms with Gasteiger partial charge < -0.3 is 5.11 Å². The Kier molecular flexibility index (Phi) is 3.80. The second-order valence-corrected chi connectivity index (χ2v) is 3.58. The van der Waals surface area contributed by atoms with E-state index in [0.29, 0.717) is 0 Å². The summed E-state index contributed by atoms with van der Waals surface area (Å²) in [6.45, 7) is 0. The molecular formula is C8H6Cl3FO. The average molecular weight is 243 g/mol. The molecule has 1 N–H and O–H groups in total. The second kappa shape index (κ2) is 4.47. The molecule has 0 saturated carbocycles. The van der Waals surface area contributed by atoms with Crippen LogP contribution in [0.1, 0.15) is 11.7 Å². The standard InChI is InChI=1S/C8H6Cl3FO/c9-3-8(13)4-1-7(12)6(11)2-5(4)10/h1-2,8,13H,3H2/t8-/m1/s1. The molecule has 0 aliphatic rings. The minimum absolute atomic E-state index is 0.0409. The Morgan fingerprint density at radius 3 is 2.46 bits per heavy atom. The summed E-state index contributed by atoms with van der Waals surface area (Å²) in [5.41, 5.74) is 0.249. The lowest BCUT2D eigenvalue weighted by Gasteiger charge is -2.09. The zero-order chi connectivity index (χ0) is 10.0. The van der Waals surface area contributed by atoms with E-state index in [1.807, 2.05) is 0 Å². The first-order valence-corrected chi connectivity index (χ1v) is 4.73. The molecule has 1 aromatic rings. The molecule has 1 atom stereocenters. The molecule has 0 aliphatic carbocycles. The fourth-order valence-corrected chi connectivity index (χ4v) is 1.55. The fraction of sp³-hybridized carbons (Fsp3) is 0.250. The van der Waals surface area contributed by atoms with Gasteiger partial charge in [-0.1, -0.05) is 23.2 Å². The molecule has 0 radical (unpaired) electrons. The molecule has 1 nitrogen and oxygen atoms in total. The number of hydrogen-bond donors (Lipinski definition) is 1. The summed E-state index contributed by atoms with van der Waals surface area (Å²) in [7, 11) is 0. The van der Waals surface area contributed by atoms with E-state index in [-0.39, 0.29) is 21.5 Å². The Balaban J connectivity index is 3.15. The quantitative estimate of drug-likeness (QED) is 0.623. The Labute approximate surface area is 90.0 Å². The van der Waals surface area contributed by atoms with E-state index < -0.39 is 11.9 Å². The first-order valence-electron chi connectivity index (χ1n) is 3.44. The molecule has 0 bridgehead atoms. The number of benzene rings is 1. The van der Waals surface area contributed by atoms with Gasteiger partial charge in [0.25, 0.3) is 0 Å². The number of rotatable bonds is 2. The Morgan fingerprint density at radius 1 is 1.31 bits per heavy atom. The van der Waals surface area contributed by atoms with E-state index in [4.69, 9.17) is 34.8 Å². The molecule has 13 heavy (non-hydrogen) atoms. The molecule has 0 heterocycles. The molecule has 0 saturated heterocycles.